The fraction of sp³-hybridized carbons (Fsp3) is 0.727. The largest absolute Gasteiger partial charge is 0.431 e. The van der Waals surface area contributed by atoms with Crippen LogP contribution in [0, 0.1) is 17.3 Å². The van der Waals surface area contributed by atoms with Gasteiger partial charge in [0.05, 0.1) is 0 Å². The van der Waals surface area contributed by atoms with Crippen molar-refractivity contribution in [1.82, 2.24) is 0 Å². The first-order chi connectivity index (χ1) is 6.01. The van der Waals surface area contributed by atoms with Gasteiger partial charge >= 0.3 is 5.97 Å². The molecule has 3 aliphatic carbocycles. The van der Waals surface area contributed by atoms with Crippen molar-refractivity contribution in [3.8, 4) is 0 Å². The van der Waals surface area contributed by atoms with Crippen LogP contribution in [0.2, 0.25) is 0 Å². The third kappa shape index (κ3) is 1.19. The molecule has 0 N–H and O–H groups in total. The Hall–Kier alpha value is -0.790. The van der Waals surface area contributed by atoms with Crippen LogP contribution in [0.4, 0.5) is 0 Å². The third-order valence-electron chi connectivity index (χ3n) is 3.68. The summed E-state index contributed by atoms with van der Waals surface area (Å²) in [4.78, 5) is 10.8. The van der Waals surface area contributed by atoms with E-state index in [0.29, 0.717) is 11.3 Å². The molecule has 0 amide bonds. The molecule has 2 heteroatoms. The number of fused-ring (bicyclic) bond motifs is 1. The number of ether oxygens (including phenoxy) is 1. The lowest BCUT2D eigenvalue weighted by molar-refractivity contribution is -0.142. The summed E-state index contributed by atoms with van der Waals surface area (Å²) in [5, 5.41) is 0. The van der Waals surface area contributed by atoms with Gasteiger partial charge in [-0.1, -0.05) is 13.8 Å². The Kier molecular flexibility index (Phi) is 1.76. The molecule has 1 saturated carbocycles. The molecule has 1 fully saturated rings. The van der Waals surface area contributed by atoms with Gasteiger partial charge in [0.2, 0.25) is 0 Å². The topological polar surface area (TPSA) is 26.3 Å². The van der Waals surface area contributed by atoms with Crippen molar-refractivity contribution < 1.29 is 9.53 Å². The smallest absolute Gasteiger partial charge is 0.307 e. The molecule has 0 aromatic carbocycles. The zero-order chi connectivity index (χ0) is 9.64. The maximum absolute atomic E-state index is 10.8. The van der Waals surface area contributed by atoms with E-state index in [4.69, 9.17) is 4.74 Å². The lowest BCUT2D eigenvalue weighted by Crippen LogP contribution is -2.48. The van der Waals surface area contributed by atoms with Crippen LogP contribution in [0.1, 0.15) is 33.6 Å². The fourth-order valence-electron chi connectivity index (χ4n) is 2.58. The van der Waals surface area contributed by atoms with Crippen LogP contribution in [0.3, 0.4) is 0 Å². The zero-order valence-corrected chi connectivity index (χ0v) is 8.46. The second-order valence-corrected chi connectivity index (χ2v) is 4.74. The molecule has 0 saturated heterocycles. The minimum Gasteiger partial charge on any atom is -0.431 e. The van der Waals surface area contributed by atoms with Crippen molar-refractivity contribution in [3.63, 3.8) is 0 Å². The van der Waals surface area contributed by atoms with Crippen LogP contribution in [0.25, 0.3) is 0 Å². The van der Waals surface area contributed by atoms with Crippen molar-refractivity contribution in [2.75, 3.05) is 0 Å². The van der Waals surface area contributed by atoms with Crippen molar-refractivity contribution in [2.24, 2.45) is 17.3 Å². The van der Waals surface area contributed by atoms with E-state index >= 15 is 0 Å². The predicted molar refractivity (Wildman–Crippen MR) is 49.8 cm³/mol. The lowest BCUT2D eigenvalue weighted by atomic mass is 9.50. The van der Waals surface area contributed by atoms with Crippen LogP contribution in [-0.2, 0) is 9.53 Å². The van der Waals surface area contributed by atoms with Crippen molar-refractivity contribution in [1.29, 1.82) is 0 Å². The molecular formula is C11H16O2. The molecule has 2 nitrogen and oxygen atoms in total. The van der Waals surface area contributed by atoms with Crippen molar-refractivity contribution in [2.45, 2.75) is 33.6 Å². The molecule has 2 unspecified atom stereocenters. The quantitative estimate of drug-likeness (QED) is 0.579. The first-order valence-corrected chi connectivity index (χ1v) is 4.90. The van der Waals surface area contributed by atoms with E-state index in [-0.39, 0.29) is 5.97 Å². The predicted octanol–water partition coefficient (Wildman–Crippen LogP) is 2.50. The zero-order valence-electron chi connectivity index (χ0n) is 8.46. The van der Waals surface area contributed by atoms with Crippen LogP contribution >= 0.6 is 0 Å². The summed E-state index contributed by atoms with van der Waals surface area (Å²) in [6.07, 6.45) is 4.36. The normalized spacial score (nSPS) is 34.5. The standard InChI is InChI=1S/C11H16O2/c1-7(12)13-10-5-4-8-6-9(10)11(8,2)3/h5,8-9H,4,6H2,1-3H3. The van der Waals surface area contributed by atoms with Crippen LogP contribution in [0.15, 0.2) is 11.8 Å². The fourth-order valence-corrected chi connectivity index (χ4v) is 2.58. The second kappa shape index (κ2) is 2.60. The summed E-state index contributed by atoms with van der Waals surface area (Å²) < 4.78 is 5.20. The summed E-state index contributed by atoms with van der Waals surface area (Å²) in [7, 11) is 0. The van der Waals surface area contributed by atoms with E-state index in [2.05, 4.69) is 19.9 Å². The highest BCUT2D eigenvalue weighted by Crippen LogP contribution is 2.59. The van der Waals surface area contributed by atoms with Gasteiger partial charge in [0.15, 0.2) is 0 Å². The van der Waals surface area contributed by atoms with Crippen LogP contribution in [0.5, 0.6) is 0 Å². The van der Waals surface area contributed by atoms with Gasteiger partial charge in [0.1, 0.15) is 5.76 Å². The molecule has 2 atom stereocenters. The Morgan fingerprint density at radius 2 is 2.31 bits per heavy atom. The van der Waals surface area contributed by atoms with Gasteiger partial charge < -0.3 is 4.74 Å². The molecule has 3 rings (SSSR count). The van der Waals surface area contributed by atoms with Gasteiger partial charge in [-0.3, -0.25) is 4.79 Å². The molecule has 0 spiro atoms. The number of rotatable bonds is 1. The Labute approximate surface area is 79.0 Å². The Morgan fingerprint density at radius 1 is 1.62 bits per heavy atom. The van der Waals surface area contributed by atoms with E-state index in [9.17, 15) is 4.79 Å². The summed E-state index contributed by atoms with van der Waals surface area (Å²) >= 11 is 0. The molecule has 0 aromatic heterocycles. The van der Waals surface area contributed by atoms with E-state index in [1.54, 1.807) is 0 Å². The maximum atomic E-state index is 10.8. The maximum Gasteiger partial charge on any atom is 0.307 e. The highest BCUT2D eigenvalue weighted by Gasteiger charge is 2.52. The first-order valence-electron chi connectivity index (χ1n) is 4.90. The van der Waals surface area contributed by atoms with E-state index in [1.165, 1.54) is 13.3 Å². The van der Waals surface area contributed by atoms with Gasteiger partial charge in [-0.15, -0.1) is 0 Å². The third-order valence-corrected chi connectivity index (χ3v) is 3.68. The van der Waals surface area contributed by atoms with Gasteiger partial charge in [-0.05, 0) is 30.3 Å². The Bertz CT molecular complexity index is 276. The molecule has 0 heterocycles. The van der Waals surface area contributed by atoms with Crippen molar-refractivity contribution >= 4 is 5.97 Å². The lowest BCUT2D eigenvalue weighted by Gasteiger charge is -2.55. The number of hydrogen-bond acceptors (Lipinski definition) is 2. The van der Waals surface area contributed by atoms with E-state index in [0.717, 1.165) is 18.1 Å². The van der Waals surface area contributed by atoms with Gasteiger partial charge in [-0.2, -0.15) is 0 Å². The SMILES string of the molecule is CC(=O)OC1=CCC2CC1C2(C)C. The monoisotopic (exact) mass is 180 g/mol. The molecule has 0 radical (unpaired) electrons. The van der Waals surface area contributed by atoms with Crippen LogP contribution in [-0.4, -0.2) is 5.97 Å². The number of hydrogen-bond donors (Lipinski definition) is 0. The second-order valence-electron chi connectivity index (χ2n) is 4.74. The van der Waals surface area contributed by atoms with Crippen LogP contribution < -0.4 is 0 Å². The molecular weight excluding hydrogens is 164 g/mol. The summed E-state index contributed by atoms with van der Waals surface area (Å²) in [5.74, 6) is 2.01. The molecule has 0 aliphatic heterocycles. The van der Waals surface area contributed by atoms with E-state index in [1.807, 2.05) is 0 Å². The summed E-state index contributed by atoms with van der Waals surface area (Å²) in [5.41, 5.74) is 0.347. The minimum absolute atomic E-state index is 0.188. The Balaban J connectivity index is 2.14. The van der Waals surface area contributed by atoms with Gasteiger partial charge in [-0.25, -0.2) is 0 Å². The minimum atomic E-state index is -0.188. The molecule has 0 aromatic rings. The molecule has 2 bridgehead atoms. The van der Waals surface area contributed by atoms with Gasteiger partial charge in [0, 0.05) is 12.8 Å². The average Bonchev–Trinajstić information content (AvgIpc) is 2.03. The number of carbonyl (C=O) groups excluding carboxylic acids is 1. The molecule has 3 aliphatic rings. The summed E-state index contributed by atoms with van der Waals surface area (Å²) in [6.45, 7) is 6.00. The average molecular weight is 180 g/mol. The first kappa shape index (κ1) is 8.79. The Morgan fingerprint density at radius 3 is 2.77 bits per heavy atom. The highest BCUT2D eigenvalue weighted by molar-refractivity contribution is 5.67. The van der Waals surface area contributed by atoms with Gasteiger partial charge in [0.25, 0.3) is 0 Å². The highest BCUT2D eigenvalue weighted by atomic mass is 16.5. The molecule has 13 heavy (non-hydrogen) atoms. The molecule has 72 valence electrons. The number of carbonyl (C=O) groups is 1. The number of esters is 1. The number of allylic oxidation sites excluding steroid dienone is 2. The van der Waals surface area contributed by atoms with E-state index < -0.39 is 0 Å². The van der Waals surface area contributed by atoms with Crippen molar-refractivity contribution in [3.05, 3.63) is 11.8 Å². The summed E-state index contributed by atoms with van der Waals surface area (Å²) in [6, 6.07) is 0.